The number of hydrazone groups is 1. The van der Waals surface area contributed by atoms with Crippen molar-refractivity contribution in [3.63, 3.8) is 0 Å². The second-order valence-corrected chi connectivity index (χ2v) is 7.54. The number of methoxy groups -OCH3 is 1. The minimum absolute atomic E-state index is 0.0712. The molecule has 2 aliphatic heterocycles. The molecule has 31 heavy (non-hydrogen) atoms. The summed E-state index contributed by atoms with van der Waals surface area (Å²) in [5.41, 5.74) is 2.43. The number of pyridine rings is 1. The van der Waals surface area contributed by atoms with Gasteiger partial charge in [0.05, 0.1) is 44.7 Å². The molecule has 164 valence electrons. The lowest BCUT2D eigenvalue weighted by atomic mass is 10.0. The van der Waals surface area contributed by atoms with Crippen LogP contribution in [-0.2, 0) is 4.74 Å². The fourth-order valence-corrected chi connectivity index (χ4v) is 3.78. The second kappa shape index (κ2) is 9.40. The zero-order valence-corrected chi connectivity index (χ0v) is 17.6. The summed E-state index contributed by atoms with van der Waals surface area (Å²) >= 11 is 0. The summed E-state index contributed by atoms with van der Waals surface area (Å²) in [6, 6.07) is 9.24. The normalized spacial score (nSPS) is 20.3. The van der Waals surface area contributed by atoms with Gasteiger partial charge in [0.25, 0.3) is 0 Å². The molecule has 2 aromatic rings. The number of hydrogen-bond acceptors (Lipinski definition) is 6. The molecule has 0 bridgehead atoms. The van der Waals surface area contributed by atoms with Gasteiger partial charge in [-0.05, 0) is 30.2 Å². The molecule has 1 fully saturated rings. The SMILES string of the molecule is COc1ccc(C(C)NC(=O)N2C[C@@H](N3CCOCC3)C(c3ccc(F)cc3)=N2)cn1. The number of ether oxygens (including phenoxy) is 2. The Bertz CT molecular complexity index is 929. The van der Waals surface area contributed by atoms with Gasteiger partial charge in [-0.3, -0.25) is 4.90 Å². The van der Waals surface area contributed by atoms with Gasteiger partial charge in [-0.15, -0.1) is 0 Å². The summed E-state index contributed by atoms with van der Waals surface area (Å²) in [5, 5.41) is 9.04. The first kappa shape index (κ1) is 21.2. The van der Waals surface area contributed by atoms with Crippen molar-refractivity contribution in [3.8, 4) is 5.88 Å². The highest BCUT2D eigenvalue weighted by Crippen LogP contribution is 2.22. The maximum Gasteiger partial charge on any atom is 0.338 e. The molecule has 4 rings (SSSR count). The van der Waals surface area contributed by atoms with Crippen molar-refractivity contribution in [1.82, 2.24) is 20.2 Å². The number of nitrogens with zero attached hydrogens (tertiary/aromatic N) is 4. The first-order chi connectivity index (χ1) is 15.0. The number of carbonyl (C=O) groups excluding carboxylic acids is 1. The van der Waals surface area contributed by atoms with Crippen molar-refractivity contribution in [1.29, 1.82) is 0 Å². The lowest BCUT2D eigenvalue weighted by Gasteiger charge is -2.32. The molecule has 1 aromatic carbocycles. The van der Waals surface area contributed by atoms with Gasteiger partial charge < -0.3 is 14.8 Å². The van der Waals surface area contributed by atoms with E-state index in [1.165, 1.54) is 17.1 Å². The number of halogens is 1. The smallest absolute Gasteiger partial charge is 0.338 e. The van der Waals surface area contributed by atoms with Crippen molar-refractivity contribution in [2.24, 2.45) is 5.10 Å². The number of urea groups is 1. The molecule has 1 aromatic heterocycles. The molecule has 0 saturated carbocycles. The van der Waals surface area contributed by atoms with Crippen LogP contribution in [0.2, 0.25) is 0 Å². The number of hydrogen-bond donors (Lipinski definition) is 1. The van der Waals surface area contributed by atoms with Gasteiger partial charge in [-0.1, -0.05) is 18.2 Å². The molecule has 2 aliphatic rings. The maximum atomic E-state index is 13.4. The summed E-state index contributed by atoms with van der Waals surface area (Å²) in [6.07, 6.45) is 1.68. The van der Waals surface area contributed by atoms with Crippen LogP contribution in [0.15, 0.2) is 47.7 Å². The predicted molar refractivity (Wildman–Crippen MR) is 114 cm³/mol. The van der Waals surface area contributed by atoms with E-state index < -0.39 is 0 Å². The number of benzene rings is 1. The molecule has 3 heterocycles. The fraction of sp³-hybridized carbons (Fsp3) is 0.409. The van der Waals surface area contributed by atoms with E-state index in [1.54, 1.807) is 31.5 Å². The van der Waals surface area contributed by atoms with Crippen LogP contribution in [0.3, 0.4) is 0 Å². The minimum atomic E-state index is -0.304. The van der Waals surface area contributed by atoms with Crippen molar-refractivity contribution in [3.05, 3.63) is 59.5 Å². The van der Waals surface area contributed by atoms with E-state index >= 15 is 0 Å². The van der Waals surface area contributed by atoms with Crippen LogP contribution >= 0.6 is 0 Å². The lowest BCUT2D eigenvalue weighted by molar-refractivity contribution is 0.0277. The van der Waals surface area contributed by atoms with E-state index in [1.807, 2.05) is 13.0 Å². The molecule has 0 radical (unpaired) electrons. The second-order valence-electron chi connectivity index (χ2n) is 7.54. The summed E-state index contributed by atoms with van der Waals surface area (Å²) in [7, 11) is 1.56. The summed E-state index contributed by atoms with van der Waals surface area (Å²) in [6.45, 7) is 5.11. The molecule has 8 nitrogen and oxygen atoms in total. The molecule has 2 amide bonds. The summed E-state index contributed by atoms with van der Waals surface area (Å²) in [4.78, 5) is 19.4. The highest BCUT2D eigenvalue weighted by Gasteiger charge is 2.36. The summed E-state index contributed by atoms with van der Waals surface area (Å²) in [5.74, 6) is 0.213. The Morgan fingerprint density at radius 2 is 1.97 bits per heavy atom. The van der Waals surface area contributed by atoms with Crippen molar-refractivity contribution < 1.29 is 18.7 Å². The number of rotatable bonds is 5. The molecule has 0 spiro atoms. The molecular formula is C22H26FN5O3. The van der Waals surface area contributed by atoms with Gasteiger partial charge in [-0.2, -0.15) is 5.10 Å². The van der Waals surface area contributed by atoms with E-state index in [4.69, 9.17) is 9.47 Å². The third kappa shape index (κ3) is 4.83. The van der Waals surface area contributed by atoms with E-state index in [0.29, 0.717) is 25.6 Å². The third-order valence-corrected chi connectivity index (χ3v) is 5.56. The first-order valence-electron chi connectivity index (χ1n) is 10.3. The highest BCUT2D eigenvalue weighted by molar-refractivity contribution is 6.06. The molecule has 1 unspecified atom stereocenters. The molecule has 9 heteroatoms. The number of aromatic nitrogens is 1. The van der Waals surface area contributed by atoms with Crippen molar-refractivity contribution >= 4 is 11.7 Å². The largest absolute Gasteiger partial charge is 0.481 e. The van der Waals surface area contributed by atoms with Gasteiger partial charge in [0, 0.05) is 25.4 Å². The number of amides is 2. The quantitative estimate of drug-likeness (QED) is 0.793. The number of nitrogens with one attached hydrogen (secondary N) is 1. The average Bonchev–Trinajstić information content (AvgIpc) is 3.26. The van der Waals surface area contributed by atoms with Crippen LogP contribution in [-0.4, -0.2) is 72.6 Å². The van der Waals surface area contributed by atoms with Crippen LogP contribution in [0, 0.1) is 5.82 Å². The lowest BCUT2D eigenvalue weighted by Crippen LogP contribution is -2.49. The zero-order valence-electron chi connectivity index (χ0n) is 17.6. The highest BCUT2D eigenvalue weighted by atomic mass is 19.1. The fourth-order valence-electron chi connectivity index (χ4n) is 3.78. The topological polar surface area (TPSA) is 79.3 Å². The van der Waals surface area contributed by atoms with Gasteiger partial charge in [0.1, 0.15) is 5.82 Å². The zero-order chi connectivity index (χ0) is 21.8. The van der Waals surface area contributed by atoms with Gasteiger partial charge >= 0.3 is 6.03 Å². The monoisotopic (exact) mass is 427 g/mol. The standard InChI is InChI=1S/C22H26FN5O3/c1-15(17-5-8-20(30-2)24-13-17)25-22(29)28-14-19(27-9-11-31-12-10-27)21(26-28)16-3-6-18(23)7-4-16/h3-8,13,15,19H,9-12,14H2,1-2H3,(H,25,29)/t15?,19-/m1/s1. The Morgan fingerprint density at radius 3 is 2.61 bits per heavy atom. The molecule has 2 atom stereocenters. The van der Waals surface area contributed by atoms with Gasteiger partial charge in [0.2, 0.25) is 5.88 Å². The van der Waals surface area contributed by atoms with Gasteiger partial charge in [-0.25, -0.2) is 19.2 Å². The Kier molecular flexibility index (Phi) is 6.43. The van der Waals surface area contributed by atoms with Crippen LogP contribution in [0.4, 0.5) is 9.18 Å². The third-order valence-electron chi connectivity index (χ3n) is 5.56. The minimum Gasteiger partial charge on any atom is -0.481 e. The van der Waals surface area contributed by atoms with Crippen molar-refractivity contribution in [2.45, 2.75) is 19.0 Å². The van der Waals surface area contributed by atoms with Crippen LogP contribution in [0.5, 0.6) is 5.88 Å². The predicted octanol–water partition coefficient (Wildman–Crippen LogP) is 2.42. The molecular weight excluding hydrogens is 401 g/mol. The van der Waals surface area contributed by atoms with Gasteiger partial charge in [0.15, 0.2) is 0 Å². The number of carbonyl (C=O) groups is 1. The van der Waals surface area contributed by atoms with Crippen LogP contribution in [0.1, 0.15) is 24.1 Å². The maximum absolute atomic E-state index is 13.4. The molecule has 1 N–H and O–H groups in total. The van der Waals surface area contributed by atoms with E-state index in [2.05, 4.69) is 20.3 Å². The first-order valence-corrected chi connectivity index (χ1v) is 10.3. The number of morpholine rings is 1. The van der Waals surface area contributed by atoms with Crippen LogP contribution < -0.4 is 10.1 Å². The Labute approximate surface area is 180 Å². The Balaban J connectivity index is 1.51. The Hall–Kier alpha value is -3.04. The van der Waals surface area contributed by atoms with E-state index in [0.717, 1.165) is 29.9 Å². The van der Waals surface area contributed by atoms with Crippen molar-refractivity contribution in [2.75, 3.05) is 40.0 Å². The van der Waals surface area contributed by atoms with E-state index in [9.17, 15) is 9.18 Å². The molecule has 0 aliphatic carbocycles. The Morgan fingerprint density at radius 1 is 1.23 bits per heavy atom. The van der Waals surface area contributed by atoms with E-state index in [-0.39, 0.29) is 23.9 Å². The summed E-state index contributed by atoms with van der Waals surface area (Å²) < 4.78 is 24.0. The average molecular weight is 427 g/mol. The van der Waals surface area contributed by atoms with Crippen LogP contribution in [0.25, 0.3) is 0 Å². The molecule has 1 saturated heterocycles.